The van der Waals surface area contributed by atoms with Crippen molar-refractivity contribution >= 4 is 5.91 Å². The molecule has 3 aromatic rings. The summed E-state index contributed by atoms with van der Waals surface area (Å²) >= 11 is 0. The molecule has 28 heavy (non-hydrogen) atoms. The van der Waals surface area contributed by atoms with Gasteiger partial charge in [-0.15, -0.1) is 10.2 Å². The molecular formula is C19H18FN5O3. The monoisotopic (exact) mass is 383 g/mol. The number of rotatable bonds is 3. The first kappa shape index (κ1) is 18.0. The molecule has 1 unspecified atom stereocenters. The number of carbonyl (C=O) groups is 1. The Bertz CT molecular complexity index is 1060. The van der Waals surface area contributed by atoms with Crippen molar-refractivity contribution < 1.29 is 13.6 Å². The van der Waals surface area contributed by atoms with E-state index in [0.29, 0.717) is 30.4 Å². The Morgan fingerprint density at radius 3 is 2.71 bits per heavy atom. The first-order chi connectivity index (χ1) is 13.5. The molecule has 1 aliphatic heterocycles. The highest BCUT2D eigenvalue weighted by Crippen LogP contribution is 2.29. The molecule has 1 amide bonds. The quantitative estimate of drug-likeness (QED) is 0.687. The minimum atomic E-state index is -0.336. The van der Waals surface area contributed by atoms with Gasteiger partial charge in [0.05, 0.1) is 5.92 Å². The number of benzene rings is 1. The van der Waals surface area contributed by atoms with E-state index in [1.165, 1.54) is 31.3 Å². The molecule has 1 aliphatic rings. The van der Waals surface area contributed by atoms with E-state index in [0.717, 1.165) is 17.5 Å². The highest BCUT2D eigenvalue weighted by molar-refractivity contribution is 5.92. The van der Waals surface area contributed by atoms with Gasteiger partial charge in [-0.05, 0) is 43.2 Å². The van der Waals surface area contributed by atoms with Crippen molar-refractivity contribution in [2.45, 2.75) is 18.8 Å². The zero-order valence-electron chi connectivity index (χ0n) is 15.2. The number of hydrogen-bond acceptors (Lipinski definition) is 6. The van der Waals surface area contributed by atoms with Crippen molar-refractivity contribution in [3.05, 3.63) is 64.2 Å². The lowest BCUT2D eigenvalue weighted by Crippen LogP contribution is -2.40. The average molecular weight is 383 g/mol. The van der Waals surface area contributed by atoms with Crippen LogP contribution in [0.15, 0.2) is 45.6 Å². The van der Waals surface area contributed by atoms with E-state index >= 15 is 0 Å². The Hall–Kier alpha value is -3.36. The van der Waals surface area contributed by atoms with Gasteiger partial charge in [0.2, 0.25) is 11.8 Å². The van der Waals surface area contributed by atoms with Gasteiger partial charge in [0.15, 0.2) is 0 Å². The van der Waals surface area contributed by atoms with Gasteiger partial charge in [-0.25, -0.2) is 9.07 Å². The number of aryl methyl sites for hydroxylation is 1. The summed E-state index contributed by atoms with van der Waals surface area (Å²) in [6.07, 6.45) is 1.60. The highest BCUT2D eigenvalue weighted by atomic mass is 19.1. The molecule has 144 valence electrons. The third-order valence-corrected chi connectivity index (χ3v) is 4.77. The van der Waals surface area contributed by atoms with Crippen LogP contribution in [0.1, 0.15) is 35.1 Å². The molecule has 3 heterocycles. The second-order valence-corrected chi connectivity index (χ2v) is 6.72. The molecular weight excluding hydrogens is 365 g/mol. The van der Waals surface area contributed by atoms with Gasteiger partial charge >= 0.3 is 0 Å². The SMILES string of the molecule is Cn1nc(C(=O)N2CCCC(c3nnc(-c4ccc(F)cc4)o3)C2)ccc1=O. The van der Waals surface area contributed by atoms with Gasteiger partial charge in [-0.3, -0.25) is 9.59 Å². The number of aromatic nitrogens is 4. The average Bonchev–Trinajstić information content (AvgIpc) is 3.20. The Morgan fingerprint density at radius 2 is 1.96 bits per heavy atom. The summed E-state index contributed by atoms with van der Waals surface area (Å²) < 4.78 is 20.0. The lowest BCUT2D eigenvalue weighted by molar-refractivity contribution is 0.0690. The van der Waals surface area contributed by atoms with E-state index in [-0.39, 0.29) is 28.9 Å². The molecule has 1 atom stereocenters. The Morgan fingerprint density at radius 1 is 1.18 bits per heavy atom. The molecule has 1 saturated heterocycles. The van der Waals surface area contributed by atoms with E-state index in [1.54, 1.807) is 17.0 Å². The molecule has 0 bridgehead atoms. The van der Waals surface area contributed by atoms with Crippen LogP contribution in [0.25, 0.3) is 11.5 Å². The molecule has 1 fully saturated rings. The summed E-state index contributed by atoms with van der Waals surface area (Å²) in [5, 5.41) is 12.2. The molecule has 0 spiro atoms. The van der Waals surface area contributed by atoms with Gasteiger partial charge in [0, 0.05) is 31.8 Å². The molecule has 0 aliphatic carbocycles. The number of likely N-dealkylation sites (tertiary alicyclic amines) is 1. The fourth-order valence-electron chi connectivity index (χ4n) is 3.25. The summed E-state index contributed by atoms with van der Waals surface area (Å²) in [4.78, 5) is 25.9. The zero-order valence-corrected chi connectivity index (χ0v) is 15.2. The van der Waals surface area contributed by atoms with Crippen LogP contribution in [0.3, 0.4) is 0 Å². The summed E-state index contributed by atoms with van der Waals surface area (Å²) in [7, 11) is 1.51. The van der Waals surface area contributed by atoms with Gasteiger partial charge in [0.25, 0.3) is 11.5 Å². The van der Waals surface area contributed by atoms with Crippen molar-refractivity contribution in [3.8, 4) is 11.5 Å². The highest BCUT2D eigenvalue weighted by Gasteiger charge is 2.29. The van der Waals surface area contributed by atoms with Crippen LogP contribution in [0.4, 0.5) is 4.39 Å². The minimum Gasteiger partial charge on any atom is -0.420 e. The normalized spacial score (nSPS) is 16.9. The summed E-state index contributed by atoms with van der Waals surface area (Å²) in [6, 6.07) is 8.59. The third-order valence-electron chi connectivity index (χ3n) is 4.77. The van der Waals surface area contributed by atoms with Gasteiger partial charge < -0.3 is 9.32 Å². The Kier molecular flexibility index (Phi) is 4.72. The fourth-order valence-corrected chi connectivity index (χ4v) is 3.25. The second-order valence-electron chi connectivity index (χ2n) is 6.72. The van der Waals surface area contributed by atoms with Crippen LogP contribution in [0.5, 0.6) is 0 Å². The number of piperidine rings is 1. The smallest absolute Gasteiger partial charge is 0.274 e. The summed E-state index contributed by atoms with van der Waals surface area (Å²) in [6.45, 7) is 1.02. The van der Waals surface area contributed by atoms with Crippen molar-refractivity contribution in [3.63, 3.8) is 0 Å². The molecule has 0 saturated carbocycles. The number of amides is 1. The summed E-state index contributed by atoms with van der Waals surface area (Å²) in [5.41, 5.74) is 0.589. The van der Waals surface area contributed by atoms with Crippen LogP contribution >= 0.6 is 0 Å². The lowest BCUT2D eigenvalue weighted by atomic mass is 9.98. The van der Waals surface area contributed by atoms with E-state index in [4.69, 9.17) is 4.42 Å². The van der Waals surface area contributed by atoms with E-state index in [2.05, 4.69) is 15.3 Å². The Balaban J connectivity index is 1.51. The number of hydrogen-bond donors (Lipinski definition) is 0. The molecule has 2 aromatic heterocycles. The van der Waals surface area contributed by atoms with Crippen LogP contribution in [0, 0.1) is 5.82 Å². The van der Waals surface area contributed by atoms with Crippen molar-refractivity contribution in [1.29, 1.82) is 0 Å². The fraction of sp³-hybridized carbons (Fsp3) is 0.316. The van der Waals surface area contributed by atoms with Gasteiger partial charge in [-0.1, -0.05) is 0 Å². The van der Waals surface area contributed by atoms with Crippen LogP contribution < -0.4 is 5.56 Å². The molecule has 8 nitrogen and oxygen atoms in total. The predicted octanol–water partition coefficient (Wildman–Crippen LogP) is 1.99. The maximum atomic E-state index is 13.1. The van der Waals surface area contributed by atoms with Crippen LogP contribution in [-0.4, -0.2) is 43.9 Å². The van der Waals surface area contributed by atoms with Gasteiger partial charge in [0.1, 0.15) is 11.5 Å². The molecule has 0 radical (unpaired) electrons. The second kappa shape index (κ2) is 7.34. The maximum Gasteiger partial charge on any atom is 0.274 e. The van der Waals surface area contributed by atoms with E-state index in [1.807, 2.05) is 0 Å². The van der Waals surface area contributed by atoms with Crippen LogP contribution in [-0.2, 0) is 7.05 Å². The Labute approximate surface area is 159 Å². The number of halogens is 1. The topological polar surface area (TPSA) is 94.1 Å². The number of nitrogens with zero attached hydrogens (tertiary/aromatic N) is 5. The van der Waals surface area contributed by atoms with Crippen LogP contribution in [0.2, 0.25) is 0 Å². The zero-order chi connectivity index (χ0) is 19.7. The maximum absolute atomic E-state index is 13.1. The first-order valence-corrected chi connectivity index (χ1v) is 8.94. The predicted molar refractivity (Wildman–Crippen MR) is 97.0 cm³/mol. The number of carbonyl (C=O) groups excluding carboxylic acids is 1. The minimum absolute atomic E-state index is 0.0908. The lowest BCUT2D eigenvalue weighted by Gasteiger charge is -2.30. The standard InChI is InChI=1S/C19H18FN5O3/c1-24-16(26)9-8-15(23-24)19(27)25-10-2-3-13(11-25)18-22-21-17(28-18)12-4-6-14(20)7-5-12/h4-9,13H,2-3,10-11H2,1H3. The van der Waals surface area contributed by atoms with Crippen molar-refractivity contribution in [2.75, 3.05) is 13.1 Å². The molecule has 4 rings (SSSR count). The van der Waals surface area contributed by atoms with E-state index in [9.17, 15) is 14.0 Å². The van der Waals surface area contributed by atoms with Gasteiger partial charge in [-0.2, -0.15) is 5.10 Å². The molecule has 1 aromatic carbocycles. The molecule has 0 N–H and O–H groups in total. The first-order valence-electron chi connectivity index (χ1n) is 8.94. The third kappa shape index (κ3) is 3.55. The van der Waals surface area contributed by atoms with Crippen molar-refractivity contribution in [2.24, 2.45) is 7.05 Å². The molecule has 9 heteroatoms. The largest absolute Gasteiger partial charge is 0.420 e. The van der Waals surface area contributed by atoms with Crippen molar-refractivity contribution in [1.82, 2.24) is 24.9 Å². The summed E-state index contributed by atoms with van der Waals surface area (Å²) in [5.74, 6) is 0.103. The van der Waals surface area contributed by atoms with E-state index < -0.39 is 0 Å².